The summed E-state index contributed by atoms with van der Waals surface area (Å²) in [6.07, 6.45) is 0. The van der Waals surface area contributed by atoms with E-state index in [9.17, 15) is 9.18 Å². The molecule has 1 aromatic heterocycles. The van der Waals surface area contributed by atoms with Crippen LogP contribution in [-0.2, 0) is 6.54 Å². The predicted molar refractivity (Wildman–Crippen MR) is 112 cm³/mol. The Bertz CT molecular complexity index is 964. The second-order valence-electron chi connectivity index (χ2n) is 6.93. The van der Waals surface area contributed by atoms with E-state index in [1.54, 1.807) is 30.6 Å². The lowest BCUT2D eigenvalue weighted by Gasteiger charge is -2.34. The van der Waals surface area contributed by atoms with Gasteiger partial charge < -0.3 is 9.64 Å². The zero-order chi connectivity index (χ0) is 20.2. The molecule has 1 amide bonds. The minimum Gasteiger partial charge on any atom is -0.497 e. The molecule has 0 spiro atoms. The molecular formula is C22H22FN3O2S. The summed E-state index contributed by atoms with van der Waals surface area (Å²) >= 11 is 1.65. The number of hydrogen-bond acceptors (Lipinski definition) is 5. The number of benzene rings is 2. The number of carbonyl (C=O) groups is 1. The van der Waals surface area contributed by atoms with Crippen molar-refractivity contribution in [3.8, 4) is 17.0 Å². The molecule has 2 heterocycles. The normalized spacial score (nSPS) is 14.8. The van der Waals surface area contributed by atoms with Crippen molar-refractivity contribution in [2.24, 2.45) is 0 Å². The highest BCUT2D eigenvalue weighted by Crippen LogP contribution is 2.25. The molecule has 1 saturated heterocycles. The molecular weight excluding hydrogens is 389 g/mol. The summed E-state index contributed by atoms with van der Waals surface area (Å²) in [5, 5.41) is 3.14. The molecule has 1 fully saturated rings. The van der Waals surface area contributed by atoms with Crippen LogP contribution in [-0.4, -0.2) is 54.0 Å². The van der Waals surface area contributed by atoms with Gasteiger partial charge in [-0.1, -0.05) is 0 Å². The average Bonchev–Trinajstić information content (AvgIpc) is 3.23. The second kappa shape index (κ2) is 8.71. The van der Waals surface area contributed by atoms with Gasteiger partial charge in [-0.3, -0.25) is 9.69 Å². The van der Waals surface area contributed by atoms with Crippen molar-refractivity contribution in [1.29, 1.82) is 0 Å². The zero-order valence-electron chi connectivity index (χ0n) is 16.2. The van der Waals surface area contributed by atoms with Gasteiger partial charge in [0.2, 0.25) is 0 Å². The number of nitrogens with zero attached hydrogens (tertiary/aromatic N) is 3. The molecule has 29 heavy (non-hydrogen) atoms. The first-order valence-electron chi connectivity index (χ1n) is 9.48. The molecule has 0 aliphatic carbocycles. The fourth-order valence-electron chi connectivity index (χ4n) is 3.35. The quantitative estimate of drug-likeness (QED) is 0.639. The number of rotatable bonds is 5. The van der Waals surface area contributed by atoms with Gasteiger partial charge in [-0.15, -0.1) is 11.3 Å². The summed E-state index contributed by atoms with van der Waals surface area (Å²) in [7, 11) is 1.66. The third-order valence-corrected chi connectivity index (χ3v) is 5.88. The molecule has 1 aliphatic rings. The summed E-state index contributed by atoms with van der Waals surface area (Å²) in [6, 6.07) is 13.6. The van der Waals surface area contributed by atoms with Gasteiger partial charge in [0.05, 0.1) is 19.3 Å². The smallest absolute Gasteiger partial charge is 0.253 e. The van der Waals surface area contributed by atoms with Gasteiger partial charge in [0, 0.05) is 42.7 Å². The number of thiazole rings is 1. The van der Waals surface area contributed by atoms with Crippen LogP contribution in [0, 0.1) is 5.82 Å². The van der Waals surface area contributed by atoms with Gasteiger partial charge >= 0.3 is 0 Å². The third-order valence-electron chi connectivity index (χ3n) is 5.05. The van der Waals surface area contributed by atoms with Crippen molar-refractivity contribution < 1.29 is 13.9 Å². The van der Waals surface area contributed by atoms with Gasteiger partial charge in [0.25, 0.3) is 5.91 Å². The van der Waals surface area contributed by atoms with Crippen molar-refractivity contribution in [1.82, 2.24) is 14.8 Å². The Morgan fingerprint density at radius 2 is 1.76 bits per heavy atom. The molecule has 5 nitrogen and oxygen atoms in total. The van der Waals surface area contributed by atoms with Crippen LogP contribution < -0.4 is 4.74 Å². The van der Waals surface area contributed by atoms with Crippen molar-refractivity contribution in [2.75, 3.05) is 33.3 Å². The van der Waals surface area contributed by atoms with Gasteiger partial charge in [0.1, 0.15) is 16.6 Å². The van der Waals surface area contributed by atoms with Crippen molar-refractivity contribution in [3.63, 3.8) is 0 Å². The van der Waals surface area contributed by atoms with Crippen LogP contribution in [0.15, 0.2) is 53.9 Å². The summed E-state index contributed by atoms with van der Waals surface area (Å²) in [6.45, 7) is 3.69. The van der Waals surface area contributed by atoms with E-state index < -0.39 is 0 Å². The van der Waals surface area contributed by atoms with Crippen LogP contribution in [0.1, 0.15) is 15.4 Å². The Morgan fingerprint density at radius 1 is 1.07 bits per heavy atom. The van der Waals surface area contributed by atoms with Crippen LogP contribution in [0.25, 0.3) is 11.3 Å². The molecule has 3 aromatic rings. The maximum atomic E-state index is 13.1. The standard InChI is InChI=1S/C22H22FN3O2S/c1-28-19-8-4-16(5-9-19)20-15-29-21(24-20)14-25-10-12-26(13-11-25)22(27)17-2-6-18(23)7-3-17/h2-9,15H,10-14H2,1H3. The molecule has 2 aromatic carbocycles. The number of carbonyl (C=O) groups excluding carboxylic acids is 1. The molecule has 150 valence electrons. The first-order valence-corrected chi connectivity index (χ1v) is 10.4. The third kappa shape index (κ3) is 4.63. The minimum atomic E-state index is -0.330. The number of aromatic nitrogens is 1. The fraction of sp³-hybridized carbons (Fsp3) is 0.273. The number of halogens is 1. The van der Waals surface area contributed by atoms with Crippen LogP contribution in [0.4, 0.5) is 4.39 Å². The lowest BCUT2D eigenvalue weighted by Crippen LogP contribution is -2.48. The van der Waals surface area contributed by atoms with Gasteiger partial charge in [0.15, 0.2) is 0 Å². The Labute approximate surface area is 173 Å². The van der Waals surface area contributed by atoms with E-state index in [1.165, 1.54) is 12.1 Å². The zero-order valence-corrected chi connectivity index (χ0v) is 17.0. The van der Waals surface area contributed by atoms with E-state index in [0.29, 0.717) is 18.7 Å². The molecule has 0 unspecified atom stereocenters. The van der Waals surface area contributed by atoms with E-state index in [-0.39, 0.29) is 11.7 Å². The molecule has 0 bridgehead atoms. The van der Waals surface area contributed by atoms with Crippen molar-refractivity contribution in [3.05, 3.63) is 70.3 Å². The van der Waals surface area contributed by atoms with Crippen molar-refractivity contribution in [2.45, 2.75) is 6.54 Å². The molecule has 0 N–H and O–H groups in total. The summed E-state index contributed by atoms with van der Waals surface area (Å²) < 4.78 is 18.3. The highest BCUT2D eigenvalue weighted by molar-refractivity contribution is 7.09. The summed E-state index contributed by atoms with van der Waals surface area (Å²) in [5.74, 6) is 0.460. The average molecular weight is 412 g/mol. The first-order chi connectivity index (χ1) is 14.1. The Kier molecular flexibility index (Phi) is 5.87. The van der Waals surface area contributed by atoms with Gasteiger partial charge in [-0.2, -0.15) is 0 Å². The number of ether oxygens (including phenoxy) is 1. The molecule has 4 rings (SSSR count). The van der Waals surface area contributed by atoms with E-state index >= 15 is 0 Å². The second-order valence-corrected chi connectivity index (χ2v) is 7.87. The molecule has 0 radical (unpaired) electrons. The van der Waals surface area contributed by atoms with Gasteiger partial charge in [-0.25, -0.2) is 9.37 Å². The SMILES string of the molecule is COc1ccc(-c2csc(CN3CCN(C(=O)c4ccc(F)cc4)CC3)n2)cc1. The van der Waals surface area contributed by atoms with Crippen LogP contribution >= 0.6 is 11.3 Å². The van der Waals surface area contributed by atoms with E-state index in [1.807, 2.05) is 29.2 Å². The molecule has 0 atom stereocenters. The summed E-state index contributed by atoms with van der Waals surface area (Å²) in [5.41, 5.74) is 2.57. The first kappa shape index (κ1) is 19.5. The number of amides is 1. The predicted octanol–water partition coefficient (Wildman–Crippen LogP) is 3.92. The Hall–Kier alpha value is -2.77. The minimum absolute atomic E-state index is 0.0410. The van der Waals surface area contributed by atoms with Gasteiger partial charge in [-0.05, 0) is 48.5 Å². The fourth-order valence-corrected chi connectivity index (χ4v) is 4.20. The van der Waals surface area contributed by atoms with E-state index in [4.69, 9.17) is 9.72 Å². The van der Waals surface area contributed by atoms with E-state index in [0.717, 1.165) is 41.6 Å². The lowest BCUT2D eigenvalue weighted by atomic mass is 10.1. The number of hydrogen-bond donors (Lipinski definition) is 0. The highest BCUT2D eigenvalue weighted by atomic mass is 32.1. The maximum absolute atomic E-state index is 13.1. The number of piperazine rings is 1. The molecule has 0 saturated carbocycles. The largest absolute Gasteiger partial charge is 0.497 e. The highest BCUT2D eigenvalue weighted by Gasteiger charge is 2.22. The number of methoxy groups -OCH3 is 1. The topological polar surface area (TPSA) is 45.7 Å². The van der Waals surface area contributed by atoms with Crippen LogP contribution in [0.5, 0.6) is 5.75 Å². The molecule has 7 heteroatoms. The Balaban J connectivity index is 1.32. The van der Waals surface area contributed by atoms with E-state index in [2.05, 4.69) is 10.3 Å². The molecule has 1 aliphatic heterocycles. The monoisotopic (exact) mass is 411 g/mol. The maximum Gasteiger partial charge on any atom is 0.253 e. The van der Waals surface area contributed by atoms with Crippen molar-refractivity contribution >= 4 is 17.2 Å². The lowest BCUT2D eigenvalue weighted by molar-refractivity contribution is 0.0628. The van der Waals surface area contributed by atoms with Crippen LogP contribution in [0.3, 0.4) is 0 Å². The van der Waals surface area contributed by atoms with Crippen LogP contribution in [0.2, 0.25) is 0 Å². The summed E-state index contributed by atoms with van der Waals surface area (Å²) in [4.78, 5) is 21.4. The Morgan fingerprint density at radius 3 is 2.41 bits per heavy atom.